The highest BCUT2D eigenvalue weighted by molar-refractivity contribution is 5.92. The molecule has 2 aromatic rings. The molecular weight excluding hydrogens is 270 g/mol. The number of aryl methyl sites for hydroxylation is 1. The quantitative estimate of drug-likeness (QED) is 0.811. The van der Waals surface area contributed by atoms with Crippen molar-refractivity contribution in [3.63, 3.8) is 0 Å². The van der Waals surface area contributed by atoms with Crippen LogP contribution in [0.1, 0.15) is 28.8 Å². The number of aliphatic hydroxyl groups excluding tert-OH is 1. The lowest BCUT2D eigenvalue weighted by Crippen LogP contribution is -2.08. The number of imidazole rings is 1. The molecule has 0 aliphatic rings. The van der Waals surface area contributed by atoms with Crippen LogP contribution >= 0.6 is 0 Å². The molecule has 1 heterocycles. The summed E-state index contributed by atoms with van der Waals surface area (Å²) in [5.74, 6) is 0.425. The van der Waals surface area contributed by atoms with E-state index < -0.39 is 5.97 Å². The number of hydrogen-bond acceptors (Lipinski definition) is 5. The Hall–Kier alpha value is -2.34. The van der Waals surface area contributed by atoms with Crippen molar-refractivity contribution in [1.29, 1.82) is 0 Å². The Kier molecular flexibility index (Phi) is 4.59. The van der Waals surface area contributed by atoms with Crippen molar-refractivity contribution < 1.29 is 14.6 Å². The number of nitrogen functional groups attached to an aromatic ring is 1. The van der Waals surface area contributed by atoms with E-state index in [1.807, 2.05) is 31.2 Å². The van der Waals surface area contributed by atoms with Crippen LogP contribution in [0.15, 0.2) is 24.3 Å². The average Bonchev–Trinajstić information content (AvgIpc) is 2.84. The Bertz CT molecular complexity index is 632. The summed E-state index contributed by atoms with van der Waals surface area (Å²) in [6, 6.07) is 7.62. The van der Waals surface area contributed by atoms with Crippen LogP contribution in [0.2, 0.25) is 0 Å². The molecule has 0 aliphatic carbocycles. The predicted octanol–water partition coefficient (Wildman–Crippen LogP) is 1.34. The van der Waals surface area contributed by atoms with Gasteiger partial charge in [0.05, 0.1) is 7.11 Å². The number of rotatable bonds is 5. The van der Waals surface area contributed by atoms with Gasteiger partial charge >= 0.3 is 5.97 Å². The van der Waals surface area contributed by atoms with Gasteiger partial charge in [-0.25, -0.2) is 9.78 Å². The largest absolute Gasteiger partial charge is 0.464 e. The van der Waals surface area contributed by atoms with E-state index in [0.29, 0.717) is 18.7 Å². The summed E-state index contributed by atoms with van der Waals surface area (Å²) in [7, 11) is 1.30. The van der Waals surface area contributed by atoms with Crippen LogP contribution in [-0.4, -0.2) is 34.3 Å². The highest BCUT2D eigenvalue weighted by Gasteiger charge is 2.21. The van der Waals surface area contributed by atoms with Gasteiger partial charge < -0.3 is 15.6 Å². The molecule has 0 amide bonds. The number of nitrogens with zero attached hydrogens (tertiary/aromatic N) is 2. The van der Waals surface area contributed by atoms with Gasteiger partial charge in [-0.05, 0) is 24.1 Å². The maximum atomic E-state index is 11.7. The van der Waals surface area contributed by atoms with E-state index in [-0.39, 0.29) is 18.1 Å². The topological polar surface area (TPSA) is 90.4 Å². The van der Waals surface area contributed by atoms with Crippen molar-refractivity contribution in [3.8, 4) is 5.69 Å². The first-order valence-electron chi connectivity index (χ1n) is 6.78. The minimum Gasteiger partial charge on any atom is -0.464 e. The Balaban J connectivity index is 2.47. The lowest BCUT2D eigenvalue weighted by molar-refractivity contribution is 0.0595. The predicted molar refractivity (Wildman–Crippen MR) is 79.5 cm³/mol. The molecule has 0 bridgehead atoms. The number of nitrogens with two attached hydrogens (primary N) is 1. The fourth-order valence-electron chi connectivity index (χ4n) is 2.19. The molecule has 1 aromatic carbocycles. The Morgan fingerprint density at radius 2 is 2.05 bits per heavy atom. The van der Waals surface area contributed by atoms with Crippen molar-refractivity contribution in [2.75, 3.05) is 19.5 Å². The Morgan fingerprint density at radius 1 is 1.38 bits per heavy atom. The summed E-state index contributed by atoms with van der Waals surface area (Å²) < 4.78 is 6.44. The number of carbonyl (C=O) groups is 1. The molecule has 0 fully saturated rings. The van der Waals surface area contributed by atoms with Gasteiger partial charge in [0.2, 0.25) is 0 Å². The van der Waals surface area contributed by atoms with Crippen LogP contribution in [0.5, 0.6) is 0 Å². The van der Waals surface area contributed by atoms with Crippen LogP contribution in [0.4, 0.5) is 5.82 Å². The van der Waals surface area contributed by atoms with Gasteiger partial charge in [0.25, 0.3) is 0 Å². The van der Waals surface area contributed by atoms with Crippen LogP contribution in [0.25, 0.3) is 5.69 Å². The summed E-state index contributed by atoms with van der Waals surface area (Å²) in [6.45, 7) is 2.05. The van der Waals surface area contributed by atoms with E-state index in [1.165, 1.54) is 7.11 Å². The number of esters is 1. The summed E-state index contributed by atoms with van der Waals surface area (Å²) >= 11 is 0. The van der Waals surface area contributed by atoms with E-state index in [0.717, 1.165) is 11.3 Å². The first kappa shape index (κ1) is 15.1. The molecule has 112 valence electrons. The molecule has 0 saturated heterocycles. The maximum absolute atomic E-state index is 11.7. The molecule has 0 radical (unpaired) electrons. The van der Waals surface area contributed by atoms with E-state index in [9.17, 15) is 4.79 Å². The number of hydrogen-bond donors (Lipinski definition) is 2. The summed E-state index contributed by atoms with van der Waals surface area (Å²) in [4.78, 5) is 15.9. The highest BCUT2D eigenvalue weighted by Crippen LogP contribution is 2.22. The second kappa shape index (κ2) is 6.41. The lowest BCUT2D eigenvalue weighted by Gasteiger charge is -2.09. The molecule has 0 aliphatic heterocycles. The zero-order valence-electron chi connectivity index (χ0n) is 12.2. The SMILES string of the molecule is CCc1nc(C(=O)OC)c(N)n1-c1ccc(CCO)cc1. The van der Waals surface area contributed by atoms with Gasteiger partial charge in [-0.3, -0.25) is 4.57 Å². The number of benzene rings is 1. The molecule has 2 rings (SSSR count). The fraction of sp³-hybridized carbons (Fsp3) is 0.333. The summed E-state index contributed by atoms with van der Waals surface area (Å²) in [6.07, 6.45) is 1.24. The van der Waals surface area contributed by atoms with Crippen LogP contribution in [0, 0.1) is 0 Å². The lowest BCUT2D eigenvalue weighted by atomic mass is 10.1. The number of carbonyl (C=O) groups excluding carboxylic acids is 1. The highest BCUT2D eigenvalue weighted by atomic mass is 16.5. The van der Waals surface area contributed by atoms with Crippen LogP contribution < -0.4 is 5.73 Å². The maximum Gasteiger partial charge on any atom is 0.360 e. The van der Waals surface area contributed by atoms with Crippen molar-refractivity contribution in [1.82, 2.24) is 9.55 Å². The molecule has 0 atom stereocenters. The van der Waals surface area contributed by atoms with Crippen molar-refractivity contribution in [3.05, 3.63) is 41.3 Å². The molecule has 21 heavy (non-hydrogen) atoms. The van der Waals surface area contributed by atoms with Crippen molar-refractivity contribution in [2.45, 2.75) is 19.8 Å². The van der Waals surface area contributed by atoms with Crippen LogP contribution in [0.3, 0.4) is 0 Å². The number of methoxy groups -OCH3 is 1. The second-order valence-electron chi connectivity index (χ2n) is 4.58. The number of aliphatic hydroxyl groups is 1. The average molecular weight is 289 g/mol. The van der Waals surface area contributed by atoms with Gasteiger partial charge in [0, 0.05) is 18.7 Å². The van der Waals surface area contributed by atoms with E-state index in [2.05, 4.69) is 4.98 Å². The molecule has 0 spiro atoms. The third-order valence-electron chi connectivity index (χ3n) is 3.27. The smallest absolute Gasteiger partial charge is 0.360 e. The molecule has 6 heteroatoms. The third-order valence-corrected chi connectivity index (χ3v) is 3.27. The minimum absolute atomic E-state index is 0.110. The van der Waals surface area contributed by atoms with E-state index in [1.54, 1.807) is 4.57 Å². The number of ether oxygens (including phenoxy) is 1. The molecule has 0 unspecified atom stereocenters. The van der Waals surface area contributed by atoms with Gasteiger partial charge in [-0.1, -0.05) is 19.1 Å². The molecule has 0 saturated carbocycles. The molecular formula is C15H19N3O3. The first-order valence-corrected chi connectivity index (χ1v) is 6.78. The van der Waals surface area contributed by atoms with Gasteiger partial charge in [-0.2, -0.15) is 0 Å². The minimum atomic E-state index is -0.544. The van der Waals surface area contributed by atoms with E-state index in [4.69, 9.17) is 15.6 Å². The third kappa shape index (κ3) is 2.90. The van der Waals surface area contributed by atoms with E-state index >= 15 is 0 Å². The zero-order valence-corrected chi connectivity index (χ0v) is 12.2. The first-order chi connectivity index (χ1) is 10.1. The summed E-state index contributed by atoms with van der Waals surface area (Å²) in [5.41, 5.74) is 8.04. The number of aromatic nitrogens is 2. The zero-order chi connectivity index (χ0) is 15.4. The normalized spacial score (nSPS) is 10.6. The van der Waals surface area contributed by atoms with Crippen LogP contribution in [-0.2, 0) is 17.6 Å². The molecule has 1 aromatic heterocycles. The molecule has 3 N–H and O–H groups in total. The standard InChI is InChI=1S/C15H19N3O3/c1-3-12-17-13(15(20)21-2)14(16)18(12)11-6-4-10(5-7-11)8-9-19/h4-7,19H,3,8-9,16H2,1-2H3. The Labute approximate surface area is 123 Å². The fourth-order valence-corrected chi connectivity index (χ4v) is 2.19. The van der Waals surface area contributed by atoms with Gasteiger partial charge in [-0.15, -0.1) is 0 Å². The number of anilines is 1. The Morgan fingerprint density at radius 3 is 2.57 bits per heavy atom. The molecule has 6 nitrogen and oxygen atoms in total. The summed E-state index contributed by atoms with van der Waals surface area (Å²) in [5, 5.41) is 8.94. The second-order valence-corrected chi connectivity index (χ2v) is 4.58. The van der Waals surface area contributed by atoms with Crippen molar-refractivity contribution in [2.24, 2.45) is 0 Å². The van der Waals surface area contributed by atoms with Gasteiger partial charge in [0.1, 0.15) is 11.6 Å². The monoisotopic (exact) mass is 289 g/mol. The van der Waals surface area contributed by atoms with Gasteiger partial charge in [0.15, 0.2) is 5.69 Å². The van der Waals surface area contributed by atoms with Crippen molar-refractivity contribution >= 4 is 11.8 Å².